The Morgan fingerprint density at radius 3 is 2.78 bits per heavy atom. The molecular formula is C14H13N3O. The summed E-state index contributed by atoms with van der Waals surface area (Å²) in [4.78, 5) is 3.92. The van der Waals surface area contributed by atoms with Crippen molar-refractivity contribution in [1.29, 1.82) is 0 Å². The molecule has 0 spiro atoms. The molecule has 1 heterocycles. The van der Waals surface area contributed by atoms with Gasteiger partial charge in [-0.1, -0.05) is 36.3 Å². The van der Waals surface area contributed by atoms with E-state index in [4.69, 9.17) is 11.2 Å². The van der Waals surface area contributed by atoms with E-state index in [1.807, 2.05) is 37.3 Å². The Kier molecular flexibility index (Phi) is 3.77. The van der Waals surface area contributed by atoms with Crippen LogP contribution in [0.5, 0.6) is 0 Å². The topological polar surface area (TPSA) is 39.9 Å². The van der Waals surface area contributed by atoms with E-state index in [1.165, 1.54) is 6.33 Å². The van der Waals surface area contributed by atoms with Crippen molar-refractivity contribution in [3.05, 3.63) is 48.5 Å². The van der Waals surface area contributed by atoms with E-state index in [0.29, 0.717) is 5.76 Å². The first-order valence-corrected chi connectivity index (χ1v) is 5.50. The largest absolute Gasteiger partial charge is 0.478 e. The lowest BCUT2D eigenvalue weighted by atomic mass is 10.1. The first-order chi connectivity index (χ1) is 8.83. The van der Waals surface area contributed by atoms with Gasteiger partial charge in [0.05, 0.1) is 5.70 Å². The third-order valence-electron chi connectivity index (χ3n) is 2.43. The number of rotatable bonds is 4. The van der Waals surface area contributed by atoms with Crippen molar-refractivity contribution in [2.24, 2.45) is 0 Å². The van der Waals surface area contributed by atoms with Crippen LogP contribution in [0.2, 0.25) is 0 Å². The third kappa shape index (κ3) is 2.58. The zero-order chi connectivity index (χ0) is 12.8. The SMILES string of the molecule is C#CCO/C(=C(/C)n1cncn1)c1ccccc1. The first-order valence-electron chi connectivity index (χ1n) is 5.50. The summed E-state index contributed by atoms with van der Waals surface area (Å²) in [6.45, 7) is 2.13. The van der Waals surface area contributed by atoms with Gasteiger partial charge < -0.3 is 4.74 Å². The Labute approximate surface area is 106 Å². The summed E-state index contributed by atoms with van der Waals surface area (Å²) in [6, 6.07) is 9.78. The number of aromatic nitrogens is 3. The molecule has 4 nitrogen and oxygen atoms in total. The zero-order valence-electron chi connectivity index (χ0n) is 10.1. The van der Waals surface area contributed by atoms with Crippen LogP contribution >= 0.6 is 0 Å². The van der Waals surface area contributed by atoms with Crippen molar-refractivity contribution in [2.75, 3.05) is 6.61 Å². The van der Waals surface area contributed by atoms with Gasteiger partial charge in [-0.15, -0.1) is 6.42 Å². The fourth-order valence-electron chi connectivity index (χ4n) is 1.59. The van der Waals surface area contributed by atoms with Gasteiger partial charge in [-0.05, 0) is 6.92 Å². The highest BCUT2D eigenvalue weighted by atomic mass is 16.5. The van der Waals surface area contributed by atoms with Gasteiger partial charge in [0.2, 0.25) is 0 Å². The van der Waals surface area contributed by atoms with Crippen LogP contribution in [-0.2, 0) is 4.74 Å². The van der Waals surface area contributed by atoms with Crippen molar-refractivity contribution in [2.45, 2.75) is 6.92 Å². The average molecular weight is 239 g/mol. The number of ether oxygens (including phenoxy) is 1. The Balaban J connectivity index is 2.43. The average Bonchev–Trinajstić information content (AvgIpc) is 2.94. The van der Waals surface area contributed by atoms with Crippen LogP contribution in [0.1, 0.15) is 12.5 Å². The number of hydrogen-bond donors (Lipinski definition) is 0. The molecule has 0 aliphatic carbocycles. The molecule has 0 bridgehead atoms. The van der Waals surface area contributed by atoms with Gasteiger partial charge >= 0.3 is 0 Å². The standard InChI is InChI=1S/C14H13N3O/c1-3-9-18-14(13-7-5-4-6-8-13)12(2)17-11-15-10-16-17/h1,4-8,10-11H,9H2,2H3/b14-12-. The molecule has 0 aliphatic heterocycles. The van der Waals surface area contributed by atoms with Crippen molar-refractivity contribution in [3.63, 3.8) is 0 Å². The minimum Gasteiger partial charge on any atom is -0.478 e. The number of nitrogens with zero attached hydrogens (tertiary/aromatic N) is 3. The second-order valence-corrected chi connectivity index (χ2v) is 3.61. The number of benzene rings is 1. The summed E-state index contributed by atoms with van der Waals surface area (Å²) in [5.74, 6) is 3.17. The summed E-state index contributed by atoms with van der Waals surface area (Å²) in [5, 5.41) is 4.09. The van der Waals surface area contributed by atoms with E-state index in [-0.39, 0.29) is 6.61 Å². The molecule has 90 valence electrons. The molecule has 0 fully saturated rings. The first kappa shape index (κ1) is 11.9. The third-order valence-corrected chi connectivity index (χ3v) is 2.43. The summed E-state index contributed by atoms with van der Waals surface area (Å²) in [6.07, 6.45) is 8.34. The molecule has 4 heteroatoms. The number of terminal acetylenes is 1. The molecule has 2 aromatic rings. The van der Waals surface area contributed by atoms with Gasteiger partial charge in [0.1, 0.15) is 25.0 Å². The molecule has 1 aromatic heterocycles. The molecule has 0 saturated heterocycles. The minimum absolute atomic E-state index is 0.219. The van der Waals surface area contributed by atoms with Crippen LogP contribution in [0.15, 0.2) is 43.0 Å². The Morgan fingerprint density at radius 1 is 1.39 bits per heavy atom. The van der Waals surface area contributed by atoms with Crippen LogP contribution in [0.3, 0.4) is 0 Å². The van der Waals surface area contributed by atoms with Gasteiger partial charge in [0, 0.05) is 5.56 Å². The number of allylic oxidation sites excluding steroid dienone is 1. The van der Waals surface area contributed by atoms with Crippen molar-refractivity contribution in [1.82, 2.24) is 14.8 Å². The fourth-order valence-corrected chi connectivity index (χ4v) is 1.59. The second kappa shape index (κ2) is 5.69. The van der Waals surface area contributed by atoms with Crippen molar-refractivity contribution in [3.8, 4) is 12.3 Å². The lowest BCUT2D eigenvalue weighted by molar-refractivity contribution is 0.326. The minimum atomic E-state index is 0.219. The predicted molar refractivity (Wildman–Crippen MR) is 70.0 cm³/mol. The van der Waals surface area contributed by atoms with Gasteiger partial charge in [0.15, 0.2) is 0 Å². The van der Waals surface area contributed by atoms with E-state index in [1.54, 1.807) is 11.0 Å². The molecule has 0 radical (unpaired) electrons. The number of hydrogen-bond acceptors (Lipinski definition) is 3. The Hall–Kier alpha value is -2.54. The molecular weight excluding hydrogens is 226 g/mol. The molecule has 0 unspecified atom stereocenters. The van der Waals surface area contributed by atoms with E-state index in [9.17, 15) is 0 Å². The van der Waals surface area contributed by atoms with Crippen LogP contribution in [0.4, 0.5) is 0 Å². The molecule has 0 amide bonds. The van der Waals surface area contributed by atoms with Crippen LogP contribution in [0.25, 0.3) is 11.5 Å². The van der Waals surface area contributed by atoms with Gasteiger partial charge in [-0.3, -0.25) is 0 Å². The van der Waals surface area contributed by atoms with Gasteiger partial charge in [0.25, 0.3) is 0 Å². The van der Waals surface area contributed by atoms with Gasteiger partial charge in [-0.2, -0.15) is 5.10 Å². The molecule has 0 saturated carbocycles. The highest BCUT2D eigenvalue weighted by Crippen LogP contribution is 2.22. The van der Waals surface area contributed by atoms with E-state index in [2.05, 4.69) is 16.0 Å². The Bertz CT molecular complexity index is 565. The summed E-state index contributed by atoms with van der Waals surface area (Å²) >= 11 is 0. The lowest BCUT2D eigenvalue weighted by Gasteiger charge is -2.12. The normalized spacial score (nSPS) is 11.6. The molecule has 0 aliphatic rings. The van der Waals surface area contributed by atoms with Crippen LogP contribution in [-0.4, -0.2) is 21.4 Å². The van der Waals surface area contributed by atoms with Crippen LogP contribution in [0, 0.1) is 12.3 Å². The highest BCUT2D eigenvalue weighted by Gasteiger charge is 2.09. The highest BCUT2D eigenvalue weighted by molar-refractivity contribution is 5.77. The summed E-state index contributed by atoms with van der Waals surface area (Å²) < 4.78 is 7.27. The predicted octanol–water partition coefficient (Wildman–Crippen LogP) is 2.27. The summed E-state index contributed by atoms with van der Waals surface area (Å²) in [7, 11) is 0. The van der Waals surface area contributed by atoms with Gasteiger partial charge in [-0.25, -0.2) is 9.67 Å². The van der Waals surface area contributed by atoms with E-state index in [0.717, 1.165) is 11.3 Å². The second-order valence-electron chi connectivity index (χ2n) is 3.61. The zero-order valence-corrected chi connectivity index (χ0v) is 10.1. The smallest absolute Gasteiger partial charge is 0.149 e. The molecule has 0 atom stereocenters. The summed E-state index contributed by atoms with van der Waals surface area (Å²) in [5.41, 5.74) is 1.80. The maximum Gasteiger partial charge on any atom is 0.149 e. The molecule has 1 aromatic carbocycles. The fraction of sp³-hybridized carbons (Fsp3) is 0.143. The van der Waals surface area contributed by atoms with Crippen molar-refractivity contribution < 1.29 is 4.74 Å². The van der Waals surface area contributed by atoms with Crippen LogP contribution < -0.4 is 0 Å². The maximum atomic E-state index is 5.62. The van der Waals surface area contributed by atoms with Crippen molar-refractivity contribution >= 4 is 11.5 Å². The monoisotopic (exact) mass is 239 g/mol. The molecule has 0 N–H and O–H groups in total. The lowest BCUT2D eigenvalue weighted by Crippen LogP contribution is -2.02. The maximum absolute atomic E-state index is 5.62. The Morgan fingerprint density at radius 2 is 2.17 bits per heavy atom. The van der Waals surface area contributed by atoms with E-state index < -0.39 is 0 Å². The molecule has 18 heavy (non-hydrogen) atoms. The molecule has 2 rings (SSSR count). The quantitative estimate of drug-likeness (QED) is 0.607. The van der Waals surface area contributed by atoms with E-state index >= 15 is 0 Å².